The summed E-state index contributed by atoms with van der Waals surface area (Å²) in [5.74, 6) is 5.94. The van der Waals surface area contributed by atoms with Gasteiger partial charge in [0.15, 0.2) is 0 Å². The van der Waals surface area contributed by atoms with Crippen LogP contribution >= 0.6 is 0 Å². The predicted octanol–water partition coefficient (Wildman–Crippen LogP) is 0.802. The Hall–Kier alpha value is -1.64. The molecule has 0 heterocycles. The van der Waals surface area contributed by atoms with Crippen LogP contribution in [0.25, 0.3) is 0 Å². The molecule has 0 aliphatic carbocycles. The summed E-state index contributed by atoms with van der Waals surface area (Å²) in [5, 5.41) is 2.85. The van der Waals surface area contributed by atoms with Crippen LogP contribution in [0.4, 0.5) is 0 Å². The molecule has 5 heteroatoms. The third-order valence-electron chi connectivity index (χ3n) is 2.68. The minimum absolute atomic E-state index is 0.133. The van der Waals surface area contributed by atoms with Crippen molar-refractivity contribution in [3.8, 4) is 11.8 Å². The third kappa shape index (κ3) is 5.16. The van der Waals surface area contributed by atoms with E-state index in [2.05, 4.69) is 17.2 Å². The van der Waals surface area contributed by atoms with Crippen LogP contribution in [-0.2, 0) is 10.8 Å². The van der Waals surface area contributed by atoms with E-state index >= 15 is 0 Å². The van der Waals surface area contributed by atoms with Gasteiger partial charge in [-0.05, 0) is 31.5 Å². The van der Waals surface area contributed by atoms with Crippen molar-refractivity contribution in [1.82, 2.24) is 5.32 Å². The van der Waals surface area contributed by atoms with Crippen LogP contribution in [0.1, 0.15) is 28.4 Å². The Kier molecular flexibility index (Phi) is 6.43. The van der Waals surface area contributed by atoms with Gasteiger partial charge in [-0.15, -0.1) is 0 Å². The van der Waals surface area contributed by atoms with Crippen LogP contribution in [-0.4, -0.2) is 34.7 Å². The molecule has 0 aliphatic rings. The first-order valence-corrected chi connectivity index (χ1v) is 8.07. The fourth-order valence-electron chi connectivity index (χ4n) is 1.79. The van der Waals surface area contributed by atoms with E-state index in [9.17, 15) is 9.00 Å². The van der Waals surface area contributed by atoms with Gasteiger partial charge in [-0.3, -0.25) is 9.00 Å². The van der Waals surface area contributed by atoms with E-state index in [1.54, 1.807) is 12.3 Å². The van der Waals surface area contributed by atoms with E-state index < -0.39 is 10.8 Å². The molecular weight excluding hydrogens is 272 g/mol. The fourth-order valence-corrected chi connectivity index (χ4v) is 2.58. The van der Waals surface area contributed by atoms with Gasteiger partial charge in [0.25, 0.3) is 5.91 Å². The number of benzene rings is 1. The Bertz CT molecular complexity index is 573. The van der Waals surface area contributed by atoms with Crippen molar-refractivity contribution in [3.05, 3.63) is 34.9 Å². The lowest BCUT2D eigenvalue weighted by molar-refractivity contribution is 0.0943. The van der Waals surface area contributed by atoms with Crippen molar-refractivity contribution < 1.29 is 9.00 Å². The maximum Gasteiger partial charge on any atom is 0.251 e. The highest BCUT2D eigenvalue weighted by atomic mass is 32.2. The number of hydrogen-bond acceptors (Lipinski definition) is 3. The Morgan fingerprint density at radius 1 is 1.50 bits per heavy atom. The van der Waals surface area contributed by atoms with Crippen molar-refractivity contribution in [2.75, 3.05) is 18.6 Å². The monoisotopic (exact) mass is 292 g/mol. The molecule has 0 fully saturated rings. The van der Waals surface area contributed by atoms with E-state index in [0.717, 1.165) is 11.1 Å². The second-order valence-corrected chi connectivity index (χ2v) is 6.13. The third-order valence-corrected chi connectivity index (χ3v) is 3.65. The van der Waals surface area contributed by atoms with Crippen molar-refractivity contribution >= 4 is 16.7 Å². The van der Waals surface area contributed by atoms with Gasteiger partial charge in [-0.1, -0.05) is 17.9 Å². The largest absolute Gasteiger partial charge is 0.349 e. The predicted molar refractivity (Wildman–Crippen MR) is 83.0 cm³/mol. The van der Waals surface area contributed by atoms with Gasteiger partial charge >= 0.3 is 0 Å². The number of nitrogens with two attached hydrogens (primary N) is 1. The van der Waals surface area contributed by atoms with E-state index in [-0.39, 0.29) is 18.5 Å². The molecular formula is C15H20N2O2S. The summed E-state index contributed by atoms with van der Waals surface area (Å²) < 4.78 is 11.1. The summed E-state index contributed by atoms with van der Waals surface area (Å²) in [6, 6.07) is 5.34. The molecule has 3 N–H and O–H groups in total. The highest BCUT2D eigenvalue weighted by Gasteiger charge is 2.13. The molecule has 0 bridgehead atoms. The molecule has 0 radical (unpaired) electrons. The molecule has 0 saturated carbocycles. The Morgan fingerprint density at radius 3 is 2.80 bits per heavy atom. The lowest BCUT2D eigenvalue weighted by Crippen LogP contribution is -2.36. The zero-order valence-corrected chi connectivity index (χ0v) is 12.8. The average Bonchev–Trinajstić information content (AvgIpc) is 2.36. The topological polar surface area (TPSA) is 72.2 Å². The molecule has 1 aromatic carbocycles. The van der Waals surface area contributed by atoms with E-state index in [1.807, 2.05) is 26.0 Å². The number of hydrogen-bond donors (Lipinski definition) is 2. The molecule has 1 rings (SSSR count). The maximum atomic E-state index is 12.2. The SMILES string of the molecule is Cc1ccc(C#CCN)cc1C(=O)NC(C)CS(C)=O. The first-order chi connectivity index (χ1) is 9.43. The summed E-state index contributed by atoms with van der Waals surface area (Å²) >= 11 is 0. The maximum absolute atomic E-state index is 12.2. The molecule has 1 aromatic rings. The zero-order chi connectivity index (χ0) is 15.1. The van der Waals surface area contributed by atoms with Crippen LogP contribution in [0.3, 0.4) is 0 Å². The van der Waals surface area contributed by atoms with Crippen molar-refractivity contribution in [2.24, 2.45) is 5.73 Å². The molecule has 2 unspecified atom stereocenters. The van der Waals surface area contributed by atoms with E-state index in [1.165, 1.54) is 0 Å². The Morgan fingerprint density at radius 2 is 2.20 bits per heavy atom. The average molecular weight is 292 g/mol. The number of rotatable bonds is 4. The van der Waals surface area contributed by atoms with Gasteiger partial charge in [0.1, 0.15) is 0 Å². The molecule has 0 aromatic heterocycles. The highest BCUT2D eigenvalue weighted by Crippen LogP contribution is 2.11. The molecule has 20 heavy (non-hydrogen) atoms. The number of carbonyl (C=O) groups is 1. The van der Waals surface area contributed by atoms with Crippen molar-refractivity contribution in [2.45, 2.75) is 19.9 Å². The first-order valence-electron chi connectivity index (χ1n) is 6.34. The second-order valence-electron chi connectivity index (χ2n) is 4.65. The first kappa shape index (κ1) is 16.4. The summed E-state index contributed by atoms with van der Waals surface area (Å²) in [5.41, 5.74) is 7.56. The summed E-state index contributed by atoms with van der Waals surface area (Å²) in [6.45, 7) is 4.00. The summed E-state index contributed by atoms with van der Waals surface area (Å²) in [4.78, 5) is 12.2. The lowest BCUT2D eigenvalue weighted by Gasteiger charge is -2.13. The number of aryl methyl sites for hydroxylation is 1. The molecule has 0 saturated heterocycles. The highest BCUT2D eigenvalue weighted by molar-refractivity contribution is 7.84. The normalized spacial score (nSPS) is 13.0. The smallest absolute Gasteiger partial charge is 0.251 e. The fraction of sp³-hybridized carbons (Fsp3) is 0.400. The number of amides is 1. The summed E-state index contributed by atoms with van der Waals surface area (Å²) in [6.07, 6.45) is 1.62. The number of carbonyl (C=O) groups excluding carboxylic acids is 1. The minimum Gasteiger partial charge on any atom is -0.349 e. The van der Waals surface area contributed by atoms with Gasteiger partial charge in [0.05, 0.1) is 6.54 Å². The van der Waals surface area contributed by atoms with Crippen LogP contribution < -0.4 is 11.1 Å². The summed E-state index contributed by atoms with van der Waals surface area (Å²) in [7, 11) is -0.933. The van der Waals surface area contributed by atoms with Gasteiger partial charge in [0.2, 0.25) is 0 Å². The Balaban J connectivity index is 2.89. The zero-order valence-electron chi connectivity index (χ0n) is 12.0. The molecule has 0 spiro atoms. The van der Waals surface area contributed by atoms with Gasteiger partial charge in [-0.2, -0.15) is 0 Å². The quantitative estimate of drug-likeness (QED) is 0.806. The van der Waals surface area contributed by atoms with Gasteiger partial charge in [0, 0.05) is 40.0 Å². The van der Waals surface area contributed by atoms with Crippen molar-refractivity contribution in [3.63, 3.8) is 0 Å². The second kappa shape index (κ2) is 7.83. The molecule has 1 amide bonds. The molecule has 108 valence electrons. The lowest BCUT2D eigenvalue weighted by atomic mass is 10.0. The number of nitrogens with one attached hydrogen (secondary N) is 1. The standard InChI is InChI=1S/C15H20N2O2S/c1-11-6-7-13(5-4-8-16)9-14(11)15(18)17-12(2)10-20(3)19/h6-7,9,12H,8,10,16H2,1-3H3,(H,17,18). The van der Waals surface area contributed by atoms with Crippen LogP contribution in [0.2, 0.25) is 0 Å². The molecule has 4 nitrogen and oxygen atoms in total. The van der Waals surface area contributed by atoms with Crippen LogP contribution in [0, 0.1) is 18.8 Å². The minimum atomic E-state index is -0.933. The van der Waals surface area contributed by atoms with Gasteiger partial charge < -0.3 is 11.1 Å². The van der Waals surface area contributed by atoms with E-state index in [0.29, 0.717) is 11.3 Å². The van der Waals surface area contributed by atoms with Crippen LogP contribution in [0.5, 0.6) is 0 Å². The molecule has 2 atom stereocenters. The van der Waals surface area contributed by atoms with E-state index in [4.69, 9.17) is 5.73 Å². The van der Waals surface area contributed by atoms with Crippen molar-refractivity contribution in [1.29, 1.82) is 0 Å². The van der Waals surface area contributed by atoms with Crippen LogP contribution in [0.15, 0.2) is 18.2 Å². The molecule has 0 aliphatic heterocycles. The Labute approximate surface area is 122 Å². The van der Waals surface area contributed by atoms with Gasteiger partial charge in [-0.25, -0.2) is 0 Å².